The number of rotatable bonds is 22. The van der Waals surface area contributed by atoms with Crippen LogP contribution in [0.1, 0.15) is 280 Å². The Labute approximate surface area is 546 Å². The molecule has 0 amide bonds. The molecule has 12 rings (SSSR count). The quantitative estimate of drug-likeness (QED) is 0.0428. The Morgan fingerprint density at radius 2 is 0.800 bits per heavy atom. The second-order valence-corrected chi connectivity index (χ2v) is 30.2. The molecule has 12 saturated carbocycles. The van der Waals surface area contributed by atoms with Gasteiger partial charge in [-0.2, -0.15) is 0 Å². The Bertz CT molecular complexity index is 2280. The third kappa shape index (κ3) is 19.1. The van der Waals surface area contributed by atoms with Crippen molar-refractivity contribution < 1.29 is 76.2 Å². The van der Waals surface area contributed by atoms with E-state index in [4.69, 9.17) is 42.6 Å². The van der Waals surface area contributed by atoms with E-state index in [-0.39, 0.29) is 172 Å². The molecular formula is C74H130O16. The minimum Gasteiger partial charge on any atom is -0.462 e. The molecule has 10 bridgehead atoms. The summed E-state index contributed by atoms with van der Waals surface area (Å²) in [6.07, 6.45) is 26.9. The van der Waals surface area contributed by atoms with Crippen LogP contribution in [-0.4, -0.2) is 98.6 Å². The van der Waals surface area contributed by atoms with Gasteiger partial charge in [-0.25, -0.2) is 0 Å². The minimum atomic E-state index is -0.715. The summed E-state index contributed by atoms with van der Waals surface area (Å²) in [5, 5.41) is 0. The van der Waals surface area contributed by atoms with E-state index in [2.05, 4.69) is 0 Å². The zero-order chi connectivity index (χ0) is 60.1. The van der Waals surface area contributed by atoms with E-state index in [1.165, 1.54) is 57.8 Å². The highest BCUT2D eigenvalue weighted by Crippen LogP contribution is 2.56. The van der Waals surface area contributed by atoms with E-state index in [0.29, 0.717) is 42.1 Å². The Morgan fingerprint density at radius 1 is 0.433 bits per heavy atom. The smallest absolute Gasteiger partial charge is 0.311 e. The van der Waals surface area contributed by atoms with Gasteiger partial charge in [0, 0.05) is 23.7 Å². The van der Waals surface area contributed by atoms with Crippen molar-refractivity contribution in [2.75, 3.05) is 27.0 Å². The van der Waals surface area contributed by atoms with Gasteiger partial charge in [0.15, 0.2) is 26.2 Å². The fourth-order valence-electron chi connectivity index (χ4n) is 16.9. The van der Waals surface area contributed by atoms with Gasteiger partial charge in [0.1, 0.15) is 23.9 Å². The first kappa shape index (κ1) is 80.6. The number of carbonyl (C=O) groups is 7. The van der Waals surface area contributed by atoms with Crippen LogP contribution in [0.5, 0.6) is 0 Å². The molecule has 0 saturated heterocycles. The van der Waals surface area contributed by atoms with Crippen molar-refractivity contribution in [3.63, 3.8) is 0 Å². The maximum atomic E-state index is 12.9. The number of hydrogen-bond acceptors (Lipinski definition) is 16. The third-order valence-electron chi connectivity index (χ3n) is 23.2. The molecule has 0 radical (unpaired) electrons. The molecule has 0 spiro atoms. The largest absolute Gasteiger partial charge is 0.462 e. The molecule has 0 heterocycles. The van der Waals surface area contributed by atoms with Crippen LogP contribution in [-0.2, 0) is 76.2 Å². The first-order valence-corrected chi connectivity index (χ1v) is 33.5. The van der Waals surface area contributed by atoms with Crippen LogP contribution in [0, 0.1) is 93.2 Å². The molecular weight excluding hydrogens is 1140 g/mol. The molecule has 14 unspecified atom stereocenters. The number of carbonyl (C=O) groups excluding carboxylic acids is 7. The van der Waals surface area contributed by atoms with Crippen molar-refractivity contribution >= 4 is 41.6 Å². The summed E-state index contributed by atoms with van der Waals surface area (Å²) in [6.45, 7) is 18.1. The van der Waals surface area contributed by atoms with Crippen LogP contribution in [0.3, 0.4) is 0 Å². The normalized spacial score (nSPS) is 33.3. The zero-order valence-electron chi connectivity index (χ0n) is 52.8. The summed E-state index contributed by atoms with van der Waals surface area (Å²) in [7, 11) is 0. The van der Waals surface area contributed by atoms with Crippen LogP contribution >= 0.6 is 0 Å². The number of Topliss-reactive ketones (excluding diaryl/α,β-unsaturated/α-hetero) is 1. The van der Waals surface area contributed by atoms with Crippen LogP contribution < -0.4 is 0 Å². The van der Waals surface area contributed by atoms with Crippen molar-refractivity contribution in [3.05, 3.63) is 0 Å². The molecule has 90 heavy (non-hydrogen) atoms. The highest BCUT2D eigenvalue weighted by atomic mass is 16.7. The van der Waals surface area contributed by atoms with Gasteiger partial charge in [0.05, 0.1) is 46.7 Å². The van der Waals surface area contributed by atoms with Crippen molar-refractivity contribution in [2.24, 2.45) is 93.2 Å². The van der Waals surface area contributed by atoms with E-state index in [9.17, 15) is 33.6 Å². The van der Waals surface area contributed by atoms with Gasteiger partial charge in [0.2, 0.25) is 0 Å². The van der Waals surface area contributed by atoms with Crippen LogP contribution in [0.4, 0.5) is 0 Å². The summed E-state index contributed by atoms with van der Waals surface area (Å²) < 4.78 is 51.2. The minimum absolute atomic E-state index is 0. The molecule has 0 aromatic rings. The van der Waals surface area contributed by atoms with E-state index in [1.807, 2.05) is 62.3 Å². The van der Waals surface area contributed by atoms with Crippen LogP contribution in [0.2, 0.25) is 0 Å². The van der Waals surface area contributed by atoms with E-state index < -0.39 is 21.8 Å². The van der Waals surface area contributed by atoms with Gasteiger partial charge in [-0.3, -0.25) is 33.6 Å². The molecule has 12 fully saturated rings. The van der Waals surface area contributed by atoms with Gasteiger partial charge in [-0.05, 0) is 212 Å². The second-order valence-electron chi connectivity index (χ2n) is 30.2. The monoisotopic (exact) mass is 1270 g/mol. The first-order chi connectivity index (χ1) is 40.0. The van der Waals surface area contributed by atoms with Gasteiger partial charge < -0.3 is 42.6 Å². The number of fused-ring (bicyclic) bond motifs is 6. The average Bonchev–Trinajstić information content (AvgIpc) is 1.03. The van der Waals surface area contributed by atoms with E-state index >= 15 is 0 Å². The lowest BCUT2D eigenvalue weighted by Gasteiger charge is -2.54. The Morgan fingerprint density at radius 3 is 1.18 bits per heavy atom. The summed E-state index contributed by atoms with van der Waals surface area (Å²) in [5.41, 5.74) is -2.15. The predicted octanol–water partition coefficient (Wildman–Crippen LogP) is 16.6. The topological polar surface area (TPSA) is 203 Å². The van der Waals surface area contributed by atoms with Gasteiger partial charge in [0.25, 0.3) is 0 Å². The average molecular weight is 1280 g/mol. The summed E-state index contributed by atoms with van der Waals surface area (Å²) in [5.74, 6) is 2.15. The van der Waals surface area contributed by atoms with E-state index in [1.54, 1.807) is 0 Å². The molecule has 12 aliphatic rings. The SMILES string of the molecule is C.C.C.C.C.C.CCC(C)(C)C(=O)OC1CC2CC(C(=O)OCOC34CC5CC(CC(C5)C3=O)C4)C1C2.CCC(C)(C)C(=O)OC1CC2CC(C(=O)OCOC3CCCCC3)C1C2.CCC(C)(C)C(=O)OC1CC2CC(C(=O)OCOCC3CCCCC3)C1C2. The van der Waals surface area contributed by atoms with Gasteiger partial charge in [-0.15, -0.1) is 0 Å². The predicted molar refractivity (Wildman–Crippen MR) is 351 cm³/mol. The Balaban J connectivity index is 0.000000343. The van der Waals surface area contributed by atoms with Crippen molar-refractivity contribution in [2.45, 2.75) is 310 Å². The Hall–Kier alpha value is -3.63. The summed E-state index contributed by atoms with van der Waals surface area (Å²) >= 11 is 0. The lowest BCUT2D eigenvalue weighted by molar-refractivity contribution is -0.210. The second kappa shape index (κ2) is 34.7. The highest BCUT2D eigenvalue weighted by Gasteiger charge is 2.59. The molecule has 16 heteroatoms. The van der Waals surface area contributed by atoms with Crippen molar-refractivity contribution in [3.8, 4) is 0 Å². The first-order valence-electron chi connectivity index (χ1n) is 33.5. The molecule has 0 aromatic carbocycles. The standard InChI is InChI=1S/C25H36O6.C22H36O5.C21H34O5.6CH4/c1-4-24(2,3)23(28)31-20-10-14-8-18(20)19(9-14)22(27)29-13-30-25-11-15-5-16(12-25)7-17(6-15)21(25)26;1-4-22(2,3)21(24)27-19-12-16-10-17(19)18(11-16)20(23)26-14-25-13-15-8-6-5-7-9-15;1-4-21(2,3)20(23)26-18-12-14-10-16(18)17(11-14)19(22)25-13-24-15-8-6-5-7-9-15;;;;;;/h14-20H,4-13H2,1-3H3;15-19H,4-14H2,1-3H3;14-18H,4-13H2,1-3H3;6*1H4. The molecule has 0 aliphatic heterocycles. The van der Waals surface area contributed by atoms with Crippen molar-refractivity contribution in [1.29, 1.82) is 0 Å². The van der Waals surface area contributed by atoms with Gasteiger partial charge >= 0.3 is 35.8 Å². The summed E-state index contributed by atoms with van der Waals surface area (Å²) in [6, 6.07) is 0. The number of hydrogen-bond donors (Lipinski definition) is 0. The van der Waals surface area contributed by atoms with Crippen LogP contribution in [0.15, 0.2) is 0 Å². The number of ketones is 1. The zero-order valence-corrected chi connectivity index (χ0v) is 52.8. The van der Waals surface area contributed by atoms with Crippen LogP contribution in [0.25, 0.3) is 0 Å². The lowest BCUT2D eigenvalue weighted by atomic mass is 9.53. The lowest BCUT2D eigenvalue weighted by Crippen LogP contribution is -2.59. The molecule has 0 N–H and O–H groups in total. The highest BCUT2D eigenvalue weighted by molar-refractivity contribution is 5.91. The number of esters is 6. The third-order valence-corrected chi connectivity index (χ3v) is 23.2. The van der Waals surface area contributed by atoms with Crippen molar-refractivity contribution in [1.82, 2.24) is 0 Å². The maximum absolute atomic E-state index is 12.9. The molecule has 12 aliphatic carbocycles. The molecule has 14 atom stereocenters. The molecule has 16 nitrogen and oxygen atoms in total. The number of ether oxygens (including phenoxy) is 9. The molecule has 0 aromatic heterocycles. The van der Waals surface area contributed by atoms with E-state index in [0.717, 1.165) is 116 Å². The molecule has 522 valence electrons. The maximum Gasteiger partial charge on any atom is 0.311 e. The van der Waals surface area contributed by atoms with Gasteiger partial charge in [-0.1, -0.05) is 104 Å². The summed E-state index contributed by atoms with van der Waals surface area (Å²) in [4.78, 5) is 88.1. The fourth-order valence-corrected chi connectivity index (χ4v) is 16.9. The fraction of sp³-hybridized carbons (Fsp3) is 0.905. The Kier molecular flexibility index (Phi) is 31.1.